The van der Waals surface area contributed by atoms with Crippen LogP contribution in [0.25, 0.3) is 0 Å². The van der Waals surface area contributed by atoms with Gasteiger partial charge in [-0.2, -0.15) is 0 Å². The van der Waals surface area contributed by atoms with Gasteiger partial charge in [0.25, 0.3) is 0 Å². The molecule has 1 aromatic rings. The predicted octanol–water partition coefficient (Wildman–Crippen LogP) is 0.903. The fraction of sp³-hybridized carbons (Fsp3) is 0.364. The summed E-state index contributed by atoms with van der Waals surface area (Å²) >= 11 is 0. The maximum atomic E-state index is 12.7. The van der Waals surface area contributed by atoms with E-state index in [2.05, 4.69) is 5.32 Å². The molecule has 1 N–H and O–H groups in total. The van der Waals surface area contributed by atoms with Gasteiger partial charge in [0.05, 0.1) is 12.1 Å². The Hall–Kier alpha value is -1.42. The number of halogens is 1. The summed E-state index contributed by atoms with van der Waals surface area (Å²) in [6.07, 6.45) is 0.871. The Morgan fingerprint density at radius 2 is 2.07 bits per heavy atom. The molecule has 2 aliphatic heterocycles. The lowest BCUT2D eigenvalue weighted by Gasteiger charge is -2.27. The first-order valence-electron chi connectivity index (χ1n) is 5.08. The Morgan fingerprint density at radius 3 is 2.67 bits per heavy atom. The fourth-order valence-corrected chi connectivity index (χ4v) is 2.39. The smallest absolute Gasteiger partial charge is 0.244 e. The van der Waals surface area contributed by atoms with E-state index in [0.717, 1.165) is 18.7 Å². The van der Waals surface area contributed by atoms with Gasteiger partial charge >= 0.3 is 0 Å². The molecule has 2 unspecified atom stereocenters. The van der Waals surface area contributed by atoms with Crippen molar-refractivity contribution in [3.05, 3.63) is 30.1 Å². The molecule has 0 radical (unpaired) electrons. The summed E-state index contributed by atoms with van der Waals surface area (Å²) in [5, 5.41) is 3.15. The molecule has 1 aromatic carbocycles. The monoisotopic (exact) mass is 206 g/mol. The number of nitrogens with zero attached hydrogens (tertiary/aromatic N) is 1. The Labute approximate surface area is 86.9 Å². The highest BCUT2D eigenvalue weighted by Crippen LogP contribution is 2.30. The Morgan fingerprint density at radius 1 is 1.33 bits per heavy atom. The Bertz CT molecular complexity index is 404. The molecule has 0 aromatic heterocycles. The third kappa shape index (κ3) is 1.25. The van der Waals surface area contributed by atoms with E-state index in [4.69, 9.17) is 0 Å². The topological polar surface area (TPSA) is 32.3 Å². The molecule has 0 aliphatic carbocycles. The maximum absolute atomic E-state index is 12.7. The average molecular weight is 206 g/mol. The number of rotatable bonds is 1. The lowest BCUT2D eigenvalue weighted by Crippen LogP contribution is -2.48. The second-order valence-electron chi connectivity index (χ2n) is 4.04. The molecule has 2 heterocycles. The van der Waals surface area contributed by atoms with Gasteiger partial charge < -0.3 is 10.2 Å². The molecule has 78 valence electrons. The second-order valence-corrected chi connectivity index (χ2v) is 4.04. The summed E-state index contributed by atoms with van der Waals surface area (Å²) in [7, 11) is 0. The number of nitrogens with one attached hydrogen (secondary N) is 1. The summed E-state index contributed by atoms with van der Waals surface area (Å²) in [5.74, 6) is -0.161. The van der Waals surface area contributed by atoms with Crippen molar-refractivity contribution >= 4 is 11.6 Å². The van der Waals surface area contributed by atoms with Crippen molar-refractivity contribution in [2.45, 2.75) is 18.5 Å². The quantitative estimate of drug-likeness (QED) is 0.740. The molecular weight excluding hydrogens is 195 g/mol. The van der Waals surface area contributed by atoms with E-state index < -0.39 is 0 Å². The van der Waals surface area contributed by atoms with Crippen LogP contribution < -0.4 is 10.2 Å². The minimum absolute atomic E-state index is 0.0277. The first-order chi connectivity index (χ1) is 7.25. The van der Waals surface area contributed by atoms with Crippen LogP contribution in [0, 0.1) is 5.82 Å². The van der Waals surface area contributed by atoms with Gasteiger partial charge in [-0.1, -0.05) is 0 Å². The largest absolute Gasteiger partial charge is 0.307 e. The summed E-state index contributed by atoms with van der Waals surface area (Å²) < 4.78 is 12.7. The van der Waals surface area contributed by atoms with Crippen molar-refractivity contribution in [2.24, 2.45) is 0 Å². The van der Waals surface area contributed by atoms with Gasteiger partial charge in [-0.3, -0.25) is 4.79 Å². The van der Waals surface area contributed by atoms with E-state index in [1.807, 2.05) is 0 Å². The van der Waals surface area contributed by atoms with Crippen molar-refractivity contribution in [1.82, 2.24) is 5.32 Å². The number of carbonyl (C=O) groups is 1. The summed E-state index contributed by atoms with van der Waals surface area (Å²) in [6, 6.07) is 6.32. The van der Waals surface area contributed by atoms with E-state index >= 15 is 0 Å². The zero-order chi connectivity index (χ0) is 10.4. The van der Waals surface area contributed by atoms with Crippen LogP contribution in [-0.2, 0) is 4.79 Å². The highest BCUT2D eigenvalue weighted by atomic mass is 19.1. The average Bonchev–Trinajstić information content (AvgIpc) is 2.80. The molecule has 2 fully saturated rings. The summed E-state index contributed by atoms with van der Waals surface area (Å²) in [4.78, 5) is 13.6. The van der Waals surface area contributed by atoms with Gasteiger partial charge in [0.15, 0.2) is 0 Å². The SMILES string of the molecule is O=C1C2CC(CN2)N1c1ccc(F)cc1. The minimum atomic E-state index is -0.270. The highest BCUT2D eigenvalue weighted by molar-refractivity contribution is 6.01. The molecule has 2 atom stereocenters. The van der Waals surface area contributed by atoms with E-state index in [9.17, 15) is 9.18 Å². The maximum Gasteiger partial charge on any atom is 0.244 e. The second kappa shape index (κ2) is 3.03. The van der Waals surface area contributed by atoms with Gasteiger partial charge in [-0.05, 0) is 30.7 Å². The van der Waals surface area contributed by atoms with Crippen molar-refractivity contribution in [2.75, 3.05) is 11.4 Å². The van der Waals surface area contributed by atoms with Crippen LogP contribution >= 0.6 is 0 Å². The van der Waals surface area contributed by atoms with Crippen molar-refractivity contribution in [3.63, 3.8) is 0 Å². The first kappa shape index (κ1) is 8.85. The Kier molecular flexibility index (Phi) is 1.79. The molecule has 2 aliphatic rings. The number of amides is 1. The van der Waals surface area contributed by atoms with Crippen LogP contribution in [0.15, 0.2) is 24.3 Å². The lowest BCUT2D eigenvalue weighted by atomic mass is 10.2. The lowest BCUT2D eigenvalue weighted by molar-refractivity contribution is -0.119. The predicted molar refractivity (Wildman–Crippen MR) is 54.1 cm³/mol. The van der Waals surface area contributed by atoms with E-state index in [1.54, 1.807) is 17.0 Å². The standard InChI is InChI=1S/C11H11FN2O/c12-7-1-3-8(4-2-7)14-9-5-10(11(14)15)13-6-9/h1-4,9-10,13H,5-6H2. The third-order valence-electron chi connectivity index (χ3n) is 3.11. The van der Waals surface area contributed by atoms with E-state index in [-0.39, 0.29) is 23.8 Å². The van der Waals surface area contributed by atoms with Gasteiger partial charge in [-0.25, -0.2) is 4.39 Å². The van der Waals surface area contributed by atoms with Crippen LogP contribution in [-0.4, -0.2) is 24.5 Å². The van der Waals surface area contributed by atoms with E-state index in [1.165, 1.54) is 12.1 Å². The van der Waals surface area contributed by atoms with Crippen LogP contribution in [0.2, 0.25) is 0 Å². The zero-order valence-electron chi connectivity index (χ0n) is 8.11. The third-order valence-corrected chi connectivity index (χ3v) is 3.11. The number of anilines is 1. The van der Waals surface area contributed by atoms with Crippen molar-refractivity contribution in [1.29, 1.82) is 0 Å². The van der Waals surface area contributed by atoms with Gasteiger partial charge in [0.2, 0.25) is 5.91 Å². The number of piperazine rings is 1. The van der Waals surface area contributed by atoms with Crippen LogP contribution in [0.3, 0.4) is 0 Å². The van der Waals surface area contributed by atoms with Gasteiger partial charge in [0.1, 0.15) is 5.82 Å². The van der Waals surface area contributed by atoms with E-state index in [0.29, 0.717) is 0 Å². The van der Waals surface area contributed by atoms with Gasteiger partial charge in [0, 0.05) is 12.2 Å². The van der Waals surface area contributed by atoms with Crippen LogP contribution in [0.4, 0.5) is 10.1 Å². The fourth-order valence-electron chi connectivity index (χ4n) is 2.39. The molecule has 2 saturated heterocycles. The number of benzene rings is 1. The summed E-state index contributed by atoms with van der Waals surface area (Å²) in [6.45, 7) is 0.841. The van der Waals surface area contributed by atoms with Crippen molar-refractivity contribution < 1.29 is 9.18 Å². The summed E-state index contributed by atoms with van der Waals surface area (Å²) in [5.41, 5.74) is 0.801. The minimum Gasteiger partial charge on any atom is -0.307 e. The molecule has 0 spiro atoms. The zero-order valence-corrected chi connectivity index (χ0v) is 8.11. The number of carbonyl (C=O) groups excluding carboxylic acids is 1. The molecule has 15 heavy (non-hydrogen) atoms. The molecular formula is C11H11FN2O. The number of fused-ring (bicyclic) bond motifs is 2. The van der Waals surface area contributed by atoms with Crippen LogP contribution in [0.5, 0.6) is 0 Å². The first-order valence-corrected chi connectivity index (χ1v) is 5.08. The highest BCUT2D eigenvalue weighted by Gasteiger charge is 2.45. The van der Waals surface area contributed by atoms with Crippen LogP contribution in [0.1, 0.15) is 6.42 Å². The van der Waals surface area contributed by atoms with Gasteiger partial charge in [-0.15, -0.1) is 0 Å². The molecule has 3 rings (SSSR count). The molecule has 2 bridgehead atoms. The number of hydrogen-bond acceptors (Lipinski definition) is 2. The normalized spacial score (nSPS) is 28.9. The Balaban J connectivity index is 1.94. The van der Waals surface area contributed by atoms with Crippen molar-refractivity contribution in [3.8, 4) is 0 Å². The molecule has 0 saturated carbocycles. The number of hydrogen-bond donors (Lipinski definition) is 1. The molecule has 4 heteroatoms. The molecule has 1 amide bonds. The molecule has 3 nitrogen and oxygen atoms in total.